The number of rotatable bonds is 7. The molecule has 1 N–H and O–H groups in total. The van der Waals surface area contributed by atoms with Gasteiger partial charge in [0.1, 0.15) is 5.75 Å². The summed E-state index contributed by atoms with van der Waals surface area (Å²) in [7, 11) is 3.14. The summed E-state index contributed by atoms with van der Waals surface area (Å²) in [6.07, 6.45) is 0. The van der Waals surface area contributed by atoms with E-state index in [0.717, 1.165) is 0 Å². The molecule has 0 saturated carbocycles. The van der Waals surface area contributed by atoms with Crippen LogP contribution in [-0.4, -0.2) is 26.7 Å². The summed E-state index contributed by atoms with van der Waals surface area (Å²) in [5.74, 6) is 2.03. The van der Waals surface area contributed by atoms with Crippen molar-refractivity contribution in [1.29, 1.82) is 0 Å². The van der Waals surface area contributed by atoms with Gasteiger partial charge in [-0.25, -0.2) is 0 Å². The summed E-state index contributed by atoms with van der Waals surface area (Å²) in [5, 5.41) is 2.84. The lowest BCUT2D eigenvalue weighted by Gasteiger charge is -2.13. The van der Waals surface area contributed by atoms with Crippen LogP contribution in [0.25, 0.3) is 0 Å². The number of methoxy groups -OCH3 is 2. The maximum atomic E-state index is 12.4. The molecule has 0 aliphatic rings. The predicted molar refractivity (Wildman–Crippen MR) is 94.3 cm³/mol. The van der Waals surface area contributed by atoms with E-state index in [-0.39, 0.29) is 5.91 Å². The number of nitrogens with one attached hydrogen (secondary N) is 1. The first-order valence-corrected chi connectivity index (χ1v) is 7.79. The third kappa shape index (κ3) is 4.65. The van der Waals surface area contributed by atoms with Gasteiger partial charge in [-0.15, -0.1) is 0 Å². The Morgan fingerprint density at radius 1 is 1.04 bits per heavy atom. The van der Waals surface area contributed by atoms with Gasteiger partial charge >= 0.3 is 0 Å². The molecule has 0 heterocycles. The van der Waals surface area contributed by atoms with Gasteiger partial charge in [-0.05, 0) is 36.2 Å². The van der Waals surface area contributed by atoms with Gasteiger partial charge in [0.2, 0.25) is 0 Å². The molecule has 0 aromatic heterocycles. The van der Waals surface area contributed by atoms with E-state index in [1.165, 1.54) is 0 Å². The monoisotopic (exact) mass is 329 g/mol. The zero-order valence-corrected chi connectivity index (χ0v) is 14.5. The van der Waals surface area contributed by atoms with Gasteiger partial charge in [-0.2, -0.15) is 0 Å². The van der Waals surface area contributed by atoms with Crippen molar-refractivity contribution >= 4 is 11.6 Å². The molecule has 0 unspecified atom stereocenters. The molecular formula is C19H23NO4. The van der Waals surface area contributed by atoms with E-state index in [2.05, 4.69) is 19.2 Å². The fourth-order valence-corrected chi connectivity index (χ4v) is 2.09. The number of carbonyl (C=O) groups is 1. The molecule has 0 aliphatic carbocycles. The van der Waals surface area contributed by atoms with Crippen molar-refractivity contribution in [1.82, 2.24) is 0 Å². The van der Waals surface area contributed by atoms with Crippen molar-refractivity contribution in [2.75, 3.05) is 26.1 Å². The highest BCUT2D eigenvalue weighted by molar-refractivity contribution is 6.04. The van der Waals surface area contributed by atoms with Crippen molar-refractivity contribution < 1.29 is 19.0 Å². The van der Waals surface area contributed by atoms with Crippen molar-refractivity contribution in [2.45, 2.75) is 13.8 Å². The van der Waals surface area contributed by atoms with Gasteiger partial charge in [0.05, 0.1) is 20.8 Å². The molecular weight excluding hydrogens is 306 g/mol. The van der Waals surface area contributed by atoms with Crippen LogP contribution in [0.3, 0.4) is 0 Å². The second-order valence-corrected chi connectivity index (χ2v) is 5.76. The number of benzene rings is 2. The van der Waals surface area contributed by atoms with E-state index in [1.54, 1.807) is 44.6 Å². The highest BCUT2D eigenvalue weighted by atomic mass is 16.5. The highest BCUT2D eigenvalue weighted by Gasteiger charge is 2.12. The molecule has 128 valence electrons. The van der Waals surface area contributed by atoms with Gasteiger partial charge in [0, 0.05) is 17.3 Å². The molecule has 0 radical (unpaired) electrons. The van der Waals surface area contributed by atoms with Crippen molar-refractivity contribution in [3.63, 3.8) is 0 Å². The van der Waals surface area contributed by atoms with E-state index in [1.807, 2.05) is 12.1 Å². The SMILES string of the molecule is COc1cccc(NC(=O)c2ccc(OCC(C)C)c(OC)c2)c1. The van der Waals surface area contributed by atoms with Gasteiger partial charge in [-0.1, -0.05) is 19.9 Å². The summed E-state index contributed by atoms with van der Waals surface area (Å²) in [4.78, 5) is 12.4. The first-order chi connectivity index (χ1) is 11.5. The number of amides is 1. The fourth-order valence-electron chi connectivity index (χ4n) is 2.09. The van der Waals surface area contributed by atoms with Crippen molar-refractivity contribution in [3.8, 4) is 17.2 Å². The minimum Gasteiger partial charge on any atom is -0.497 e. The second kappa shape index (κ2) is 8.24. The Morgan fingerprint density at radius 3 is 2.50 bits per heavy atom. The molecule has 2 aromatic rings. The normalized spacial score (nSPS) is 10.4. The van der Waals surface area contributed by atoms with E-state index in [0.29, 0.717) is 41.0 Å². The Labute approximate surface area is 142 Å². The topological polar surface area (TPSA) is 56.8 Å². The summed E-state index contributed by atoms with van der Waals surface area (Å²) in [6, 6.07) is 12.3. The Hall–Kier alpha value is -2.69. The average Bonchev–Trinajstić information content (AvgIpc) is 2.59. The van der Waals surface area contributed by atoms with E-state index in [9.17, 15) is 4.79 Å². The van der Waals surface area contributed by atoms with Crippen LogP contribution in [0.5, 0.6) is 17.2 Å². The molecule has 2 rings (SSSR count). The molecule has 1 amide bonds. The second-order valence-electron chi connectivity index (χ2n) is 5.76. The zero-order chi connectivity index (χ0) is 17.5. The van der Waals surface area contributed by atoms with Crippen LogP contribution < -0.4 is 19.5 Å². The molecule has 0 bridgehead atoms. The molecule has 24 heavy (non-hydrogen) atoms. The minimum absolute atomic E-state index is 0.225. The van der Waals surface area contributed by atoms with Crippen LogP contribution in [-0.2, 0) is 0 Å². The molecule has 0 atom stereocenters. The predicted octanol–water partition coefficient (Wildman–Crippen LogP) is 3.99. The standard InChI is InChI=1S/C19H23NO4/c1-13(2)12-24-17-9-8-14(10-18(17)23-4)19(21)20-15-6-5-7-16(11-15)22-3/h5-11,13H,12H2,1-4H3,(H,20,21). The summed E-state index contributed by atoms with van der Waals surface area (Å²) in [5.41, 5.74) is 1.16. The Balaban J connectivity index is 2.14. The third-order valence-corrected chi connectivity index (χ3v) is 3.33. The van der Waals surface area contributed by atoms with Crippen molar-refractivity contribution in [3.05, 3.63) is 48.0 Å². The molecule has 2 aromatic carbocycles. The van der Waals surface area contributed by atoms with Crippen LogP contribution in [0.2, 0.25) is 0 Å². The number of carbonyl (C=O) groups excluding carboxylic acids is 1. The van der Waals surface area contributed by atoms with Crippen LogP contribution >= 0.6 is 0 Å². The Bertz CT molecular complexity index is 698. The van der Waals surface area contributed by atoms with E-state index in [4.69, 9.17) is 14.2 Å². The number of anilines is 1. The average molecular weight is 329 g/mol. The molecule has 0 aliphatic heterocycles. The first kappa shape index (κ1) is 17.7. The van der Waals surface area contributed by atoms with Crippen LogP contribution in [0.4, 0.5) is 5.69 Å². The minimum atomic E-state index is -0.225. The Morgan fingerprint density at radius 2 is 1.83 bits per heavy atom. The molecule has 0 saturated heterocycles. The maximum absolute atomic E-state index is 12.4. The summed E-state index contributed by atoms with van der Waals surface area (Å²) < 4.78 is 16.2. The van der Waals surface area contributed by atoms with Crippen molar-refractivity contribution in [2.24, 2.45) is 5.92 Å². The zero-order valence-electron chi connectivity index (χ0n) is 14.5. The fraction of sp³-hybridized carbons (Fsp3) is 0.316. The van der Waals surface area contributed by atoms with E-state index >= 15 is 0 Å². The molecule has 5 nitrogen and oxygen atoms in total. The summed E-state index contributed by atoms with van der Waals surface area (Å²) in [6.45, 7) is 4.73. The van der Waals surface area contributed by atoms with Crippen LogP contribution in [0, 0.1) is 5.92 Å². The van der Waals surface area contributed by atoms with Gasteiger partial charge in [-0.3, -0.25) is 4.79 Å². The van der Waals surface area contributed by atoms with E-state index < -0.39 is 0 Å². The molecule has 0 spiro atoms. The maximum Gasteiger partial charge on any atom is 0.255 e. The smallest absolute Gasteiger partial charge is 0.255 e. The molecule has 5 heteroatoms. The number of ether oxygens (including phenoxy) is 3. The van der Waals surface area contributed by atoms with Gasteiger partial charge in [0.15, 0.2) is 11.5 Å². The Kier molecular flexibility index (Phi) is 6.07. The lowest BCUT2D eigenvalue weighted by atomic mass is 10.1. The third-order valence-electron chi connectivity index (χ3n) is 3.33. The summed E-state index contributed by atoms with van der Waals surface area (Å²) >= 11 is 0. The van der Waals surface area contributed by atoms with Gasteiger partial charge < -0.3 is 19.5 Å². The lowest BCUT2D eigenvalue weighted by Crippen LogP contribution is -2.12. The first-order valence-electron chi connectivity index (χ1n) is 7.79. The van der Waals surface area contributed by atoms with Crippen LogP contribution in [0.1, 0.15) is 24.2 Å². The quantitative estimate of drug-likeness (QED) is 0.834. The highest BCUT2D eigenvalue weighted by Crippen LogP contribution is 2.29. The van der Waals surface area contributed by atoms with Gasteiger partial charge in [0.25, 0.3) is 5.91 Å². The van der Waals surface area contributed by atoms with Crippen LogP contribution in [0.15, 0.2) is 42.5 Å². The lowest BCUT2D eigenvalue weighted by molar-refractivity contribution is 0.102. The largest absolute Gasteiger partial charge is 0.497 e. The number of hydrogen-bond donors (Lipinski definition) is 1. The number of hydrogen-bond acceptors (Lipinski definition) is 4. The molecule has 0 fully saturated rings.